The predicted octanol–water partition coefficient (Wildman–Crippen LogP) is 4.33. The maximum Gasteiger partial charge on any atom is 0.410 e. The number of carbonyl (C=O) groups excluding carboxylic acids is 1. The molecule has 0 spiro atoms. The van der Waals surface area contributed by atoms with E-state index in [1.807, 2.05) is 25.7 Å². The van der Waals surface area contributed by atoms with Gasteiger partial charge in [-0.3, -0.25) is 0 Å². The summed E-state index contributed by atoms with van der Waals surface area (Å²) in [6.07, 6.45) is 9.86. The summed E-state index contributed by atoms with van der Waals surface area (Å²) in [5, 5.41) is 3.78. The zero-order chi connectivity index (χ0) is 16.9. The molecule has 1 aliphatic heterocycles. The van der Waals surface area contributed by atoms with Crippen molar-refractivity contribution < 1.29 is 9.53 Å². The van der Waals surface area contributed by atoms with E-state index in [0.29, 0.717) is 12.1 Å². The Labute approximate surface area is 142 Å². The first-order chi connectivity index (χ1) is 10.9. The smallest absolute Gasteiger partial charge is 0.410 e. The summed E-state index contributed by atoms with van der Waals surface area (Å²) < 4.78 is 5.55. The number of nitrogens with zero attached hydrogens (tertiary/aromatic N) is 1. The summed E-state index contributed by atoms with van der Waals surface area (Å²) in [7, 11) is 0. The Kier molecular flexibility index (Phi) is 6.75. The summed E-state index contributed by atoms with van der Waals surface area (Å²) in [4.78, 5) is 14.3. The van der Waals surface area contributed by atoms with Gasteiger partial charge in [0.15, 0.2) is 0 Å². The number of hydrogen-bond acceptors (Lipinski definition) is 3. The van der Waals surface area contributed by atoms with Crippen molar-refractivity contribution in [2.75, 3.05) is 13.1 Å². The first kappa shape index (κ1) is 18.6. The van der Waals surface area contributed by atoms with Crippen LogP contribution in [-0.2, 0) is 4.74 Å². The highest BCUT2D eigenvalue weighted by atomic mass is 16.6. The molecule has 2 aliphatic rings. The van der Waals surface area contributed by atoms with Gasteiger partial charge in [-0.2, -0.15) is 0 Å². The van der Waals surface area contributed by atoms with Crippen LogP contribution in [0.15, 0.2) is 0 Å². The van der Waals surface area contributed by atoms with Gasteiger partial charge in [-0.1, -0.05) is 26.2 Å². The molecular formula is C19H36N2O2. The van der Waals surface area contributed by atoms with Crippen molar-refractivity contribution in [1.29, 1.82) is 0 Å². The standard InChI is InChI=1S/C19H36N2O2/c1-5-15-9-6-7-11-17(15)20-13-12-16-10-8-14-21(16)18(22)23-19(2,3)4/h15-17,20H,5-14H2,1-4H3. The molecule has 3 atom stereocenters. The molecule has 2 rings (SSSR count). The van der Waals surface area contributed by atoms with Crippen LogP contribution < -0.4 is 5.32 Å². The lowest BCUT2D eigenvalue weighted by atomic mass is 9.83. The first-order valence-electron chi connectivity index (χ1n) is 9.63. The molecule has 1 heterocycles. The number of carbonyl (C=O) groups is 1. The summed E-state index contributed by atoms with van der Waals surface area (Å²) in [6.45, 7) is 9.99. The van der Waals surface area contributed by atoms with Crippen LogP contribution in [-0.4, -0.2) is 41.8 Å². The Bertz CT molecular complexity index is 378. The summed E-state index contributed by atoms with van der Waals surface area (Å²) in [6, 6.07) is 1.03. The second-order valence-electron chi connectivity index (χ2n) is 8.27. The molecule has 4 nitrogen and oxygen atoms in total. The van der Waals surface area contributed by atoms with Gasteiger partial charge in [-0.25, -0.2) is 4.79 Å². The number of amides is 1. The molecule has 0 aromatic carbocycles. The lowest BCUT2D eigenvalue weighted by Crippen LogP contribution is -2.43. The van der Waals surface area contributed by atoms with Crippen molar-refractivity contribution in [2.45, 2.75) is 96.7 Å². The van der Waals surface area contributed by atoms with E-state index in [9.17, 15) is 4.79 Å². The monoisotopic (exact) mass is 324 g/mol. The maximum absolute atomic E-state index is 12.3. The van der Waals surface area contributed by atoms with Crippen LogP contribution in [0.5, 0.6) is 0 Å². The van der Waals surface area contributed by atoms with Gasteiger partial charge in [-0.15, -0.1) is 0 Å². The second-order valence-corrected chi connectivity index (χ2v) is 8.27. The van der Waals surface area contributed by atoms with Crippen molar-refractivity contribution in [1.82, 2.24) is 10.2 Å². The quantitative estimate of drug-likeness (QED) is 0.818. The Hall–Kier alpha value is -0.770. The largest absolute Gasteiger partial charge is 0.444 e. The van der Waals surface area contributed by atoms with Crippen LogP contribution in [0.2, 0.25) is 0 Å². The molecule has 1 saturated carbocycles. The topological polar surface area (TPSA) is 41.6 Å². The molecule has 2 fully saturated rings. The first-order valence-corrected chi connectivity index (χ1v) is 9.63. The third-order valence-electron chi connectivity index (χ3n) is 5.32. The van der Waals surface area contributed by atoms with E-state index in [4.69, 9.17) is 4.74 Å². The van der Waals surface area contributed by atoms with Crippen molar-refractivity contribution in [2.24, 2.45) is 5.92 Å². The second kappa shape index (κ2) is 8.36. The Morgan fingerprint density at radius 3 is 2.61 bits per heavy atom. The van der Waals surface area contributed by atoms with Gasteiger partial charge >= 0.3 is 6.09 Å². The van der Waals surface area contributed by atoms with Crippen molar-refractivity contribution >= 4 is 6.09 Å². The van der Waals surface area contributed by atoms with Gasteiger partial charge in [0.1, 0.15) is 5.60 Å². The number of nitrogens with one attached hydrogen (secondary N) is 1. The minimum absolute atomic E-state index is 0.135. The van der Waals surface area contributed by atoms with Gasteiger partial charge < -0.3 is 15.0 Å². The zero-order valence-electron chi connectivity index (χ0n) is 15.6. The molecule has 1 amide bonds. The Balaban J connectivity index is 1.76. The minimum Gasteiger partial charge on any atom is -0.444 e. The molecule has 1 aliphatic carbocycles. The highest BCUT2D eigenvalue weighted by molar-refractivity contribution is 5.68. The number of likely N-dealkylation sites (tertiary alicyclic amines) is 1. The van der Waals surface area contributed by atoms with Crippen LogP contribution >= 0.6 is 0 Å². The fourth-order valence-electron chi connectivity index (χ4n) is 4.10. The van der Waals surface area contributed by atoms with E-state index in [2.05, 4.69) is 12.2 Å². The molecule has 0 aromatic rings. The third-order valence-corrected chi connectivity index (χ3v) is 5.32. The third kappa shape index (κ3) is 5.66. The normalized spacial score (nSPS) is 28.9. The lowest BCUT2D eigenvalue weighted by molar-refractivity contribution is 0.0219. The van der Waals surface area contributed by atoms with Gasteiger partial charge in [0.05, 0.1) is 0 Å². The van der Waals surface area contributed by atoms with Crippen LogP contribution in [0.25, 0.3) is 0 Å². The maximum atomic E-state index is 12.3. The van der Waals surface area contributed by atoms with Crippen LogP contribution in [0, 0.1) is 5.92 Å². The molecular weight excluding hydrogens is 288 g/mol. The lowest BCUT2D eigenvalue weighted by Gasteiger charge is -2.33. The molecule has 0 aromatic heterocycles. The van der Waals surface area contributed by atoms with Crippen LogP contribution in [0.4, 0.5) is 4.79 Å². The fraction of sp³-hybridized carbons (Fsp3) is 0.947. The molecule has 0 radical (unpaired) electrons. The highest BCUT2D eigenvalue weighted by Crippen LogP contribution is 2.27. The summed E-state index contributed by atoms with van der Waals surface area (Å²) >= 11 is 0. The average molecular weight is 325 g/mol. The molecule has 0 bridgehead atoms. The zero-order valence-corrected chi connectivity index (χ0v) is 15.6. The molecule has 1 saturated heterocycles. The molecule has 23 heavy (non-hydrogen) atoms. The van der Waals surface area contributed by atoms with Gasteiger partial charge in [0.25, 0.3) is 0 Å². The van der Waals surface area contributed by atoms with E-state index in [-0.39, 0.29) is 6.09 Å². The van der Waals surface area contributed by atoms with E-state index in [0.717, 1.165) is 38.3 Å². The van der Waals surface area contributed by atoms with Crippen LogP contribution in [0.3, 0.4) is 0 Å². The minimum atomic E-state index is -0.404. The Morgan fingerprint density at radius 1 is 1.17 bits per heavy atom. The van der Waals surface area contributed by atoms with E-state index < -0.39 is 5.60 Å². The SMILES string of the molecule is CCC1CCCCC1NCCC1CCCN1C(=O)OC(C)(C)C. The number of rotatable bonds is 5. The molecule has 1 N–H and O–H groups in total. The number of hydrogen-bond donors (Lipinski definition) is 1. The highest BCUT2D eigenvalue weighted by Gasteiger charge is 2.32. The predicted molar refractivity (Wildman–Crippen MR) is 94.6 cm³/mol. The molecule has 4 heteroatoms. The average Bonchev–Trinajstić information content (AvgIpc) is 2.94. The summed E-state index contributed by atoms with van der Waals surface area (Å²) in [5.74, 6) is 0.842. The van der Waals surface area contributed by atoms with Crippen molar-refractivity contribution in [3.63, 3.8) is 0 Å². The number of ether oxygens (including phenoxy) is 1. The van der Waals surface area contributed by atoms with Gasteiger partial charge in [-0.05, 0) is 65.3 Å². The molecule has 134 valence electrons. The van der Waals surface area contributed by atoms with Crippen molar-refractivity contribution in [3.8, 4) is 0 Å². The molecule has 3 unspecified atom stereocenters. The van der Waals surface area contributed by atoms with Gasteiger partial charge in [0, 0.05) is 18.6 Å². The van der Waals surface area contributed by atoms with E-state index >= 15 is 0 Å². The van der Waals surface area contributed by atoms with Gasteiger partial charge in [0.2, 0.25) is 0 Å². The van der Waals surface area contributed by atoms with Crippen LogP contribution in [0.1, 0.15) is 79.1 Å². The summed E-state index contributed by atoms with van der Waals surface area (Å²) in [5.41, 5.74) is -0.404. The Morgan fingerprint density at radius 2 is 1.91 bits per heavy atom. The fourth-order valence-corrected chi connectivity index (χ4v) is 4.10. The van der Waals surface area contributed by atoms with E-state index in [1.165, 1.54) is 32.1 Å². The van der Waals surface area contributed by atoms with Crippen molar-refractivity contribution in [3.05, 3.63) is 0 Å². The van der Waals surface area contributed by atoms with E-state index in [1.54, 1.807) is 0 Å².